The van der Waals surface area contributed by atoms with Gasteiger partial charge in [0.25, 0.3) is 5.91 Å². The van der Waals surface area contributed by atoms with Gasteiger partial charge in [-0.1, -0.05) is 0 Å². The molecule has 0 fully saturated rings. The molecule has 1 amide bonds. The van der Waals surface area contributed by atoms with Gasteiger partial charge in [-0.2, -0.15) is 0 Å². The summed E-state index contributed by atoms with van der Waals surface area (Å²) < 4.78 is 0. The van der Waals surface area contributed by atoms with Crippen LogP contribution in [0.4, 0.5) is 11.4 Å². The fraction of sp³-hybridized carbons (Fsp3) is 0. The van der Waals surface area contributed by atoms with Gasteiger partial charge in [-0.25, -0.2) is 0 Å². The topological polar surface area (TPSA) is 70.9 Å². The van der Waals surface area contributed by atoms with E-state index < -0.39 is 0 Å². The van der Waals surface area contributed by atoms with Crippen molar-refractivity contribution < 1.29 is 4.79 Å². The summed E-state index contributed by atoms with van der Waals surface area (Å²) in [6, 6.07) is 8.73. The zero-order valence-electron chi connectivity index (χ0n) is 8.03. The van der Waals surface area contributed by atoms with E-state index in [1.807, 2.05) is 0 Å². The van der Waals surface area contributed by atoms with Gasteiger partial charge in [0, 0.05) is 23.8 Å². The van der Waals surface area contributed by atoms with Crippen molar-refractivity contribution in [2.75, 3.05) is 11.1 Å². The van der Waals surface area contributed by atoms with Gasteiger partial charge in [0.15, 0.2) is 0 Å². The number of benzene rings is 1. The first-order chi connectivity index (χ1) is 7.25. The molecule has 4 heteroatoms. The summed E-state index contributed by atoms with van der Waals surface area (Å²) in [4.78, 5) is 14.4. The van der Waals surface area contributed by atoms with Crippen molar-refractivity contribution >= 4 is 17.3 Å². The molecule has 76 valence electrons. The van der Waals surface area contributed by atoms with Crippen molar-refractivity contribution in [3.05, 3.63) is 48.3 Å². The average Bonchev–Trinajstić information content (AvgIpc) is 2.74. The Labute approximate surface area is 87.1 Å². The third-order valence-corrected chi connectivity index (χ3v) is 2.03. The number of nitrogen functional groups attached to an aromatic ring is 1. The lowest BCUT2D eigenvalue weighted by molar-refractivity contribution is 0.102. The largest absolute Gasteiger partial charge is 0.399 e. The van der Waals surface area contributed by atoms with Crippen LogP contribution in [0.15, 0.2) is 42.7 Å². The number of carbonyl (C=O) groups is 1. The zero-order chi connectivity index (χ0) is 10.7. The van der Waals surface area contributed by atoms with E-state index >= 15 is 0 Å². The van der Waals surface area contributed by atoms with E-state index in [1.54, 1.807) is 42.7 Å². The van der Waals surface area contributed by atoms with Crippen molar-refractivity contribution in [2.24, 2.45) is 0 Å². The van der Waals surface area contributed by atoms with Crippen molar-refractivity contribution in [2.45, 2.75) is 0 Å². The van der Waals surface area contributed by atoms with Crippen LogP contribution < -0.4 is 11.1 Å². The average molecular weight is 201 g/mol. The minimum Gasteiger partial charge on any atom is -0.399 e. The first kappa shape index (κ1) is 9.33. The minimum atomic E-state index is -0.138. The fourth-order valence-electron chi connectivity index (χ4n) is 1.23. The van der Waals surface area contributed by atoms with E-state index in [2.05, 4.69) is 10.3 Å². The van der Waals surface area contributed by atoms with E-state index in [1.165, 1.54) is 0 Å². The molecule has 2 rings (SSSR count). The Morgan fingerprint density at radius 3 is 2.53 bits per heavy atom. The maximum absolute atomic E-state index is 11.6. The maximum Gasteiger partial charge on any atom is 0.257 e. The van der Waals surface area contributed by atoms with Crippen LogP contribution in [0.2, 0.25) is 0 Å². The van der Waals surface area contributed by atoms with E-state index in [0.29, 0.717) is 11.3 Å². The number of aromatic amines is 1. The molecule has 1 aromatic heterocycles. The Kier molecular flexibility index (Phi) is 2.41. The number of hydrogen-bond donors (Lipinski definition) is 3. The summed E-state index contributed by atoms with van der Waals surface area (Å²) in [6.07, 6.45) is 3.35. The number of H-pyrrole nitrogens is 1. The second kappa shape index (κ2) is 3.88. The van der Waals surface area contributed by atoms with Gasteiger partial charge < -0.3 is 16.0 Å². The Morgan fingerprint density at radius 2 is 1.93 bits per heavy atom. The lowest BCUT2D eigenvalue weighted by Crippen LogP contribution is -2.10. The molecule has 4 nitrogen and oxygen atoms in total. The predicted octanol–water partition coefficient (Wildman–Crippen LogP) is 1.85. The molecule has 0 saturated heterocycles. The standard InChI is InChI=1S/C11H11N3O/c12-9-1-3-10(4-2-9)14-11(15)8-5-6-13-7-8/h1-7,13H,12H2,(H,14,15). The lowest BCUT2D eigenvalue weighted by atomic mass is 10.2. The number of carbonyl (C=O) groups excluding carboxylic acids is 1. The van der Waals surface area contributed by atoms with Gasteiger partial charge >= 0.3 is 0 Å². The Bertz CT molecular complexity index is 445. The molecule has 2 aromatic rings. The highest BCUT2D eigenvalue weighted by molar-refractivity contribution is 6.04. The lowest BCUT2D eigenvalue weighted by Gasteiger charge is -2.03. The van der Waals surface area contributed by atoms with Gasteiger partial charge in [-0.05, 0) is 30.3 Å². The summed E-state index contributed by atoms with van der Waals surface area (Å²) in [5.41, 5.74) is 7.55. The van der Waals surface area contributed by atoms with Crippen molar-refractivity contribution in [1.29, 1.82) is 0 Å². The Morgan fingerprint density at radius 1 is 1.20 bits per heavy atom. The molecule has 0 aliphatic carbocycles. The quantitative estimate of drug-likeness (QED) is 0.649. The molecule has 0 spiro atoms. The Balaban J connectivity index is 2.09. The highest BCUT2D eigenvalue weighted by atomic mass is 16.1. The molecule has 0 bridgehead atoms. The highest BCUT2D eigenvalue weighted by Gasteiger charge is 2.05. The molecular weight excluding hydrogens is 190 g/mol. The van der Waals surface area contributed by atoms with E-state index in [9.17, 15) is 4.79 Å². The fourth-order valence-corrected chi connectivity index (χ4v) is 1.23. The SMILES string of the molecule is Nc1ccc(NC(=O)c2cc[nH]c2)cc1. The van der Waals surface area contributed by atoms with Crippen LogP contribution in [-0.2, 0) is 0 Å². The van der Waals surface area contributed by atoms with Gasteiger partial charge in [0.2, 0.25) is 0 Å². The molecule has 1 heterocycles. The summed E-state index contributed by atoms with van der Waals surface area (Å²) in [6.45, 7) is 0. The number of amides is 1. The van der Waals surface area contributed by atoms with Gasteiger partial charge in [-0.3, -0.25) is 4.79 Å². The minimum absolute atomic E-state index is 0.138. The van der Waals surface area contributed by atoms with E-state index in [0.717, 1.165) is 5.69 Å². The number of nitrogens with two attached hydrogens (primary N) is 1. The second-order valence-corrected chi connectivity index (χ2v) is 3.18. The molecule has 1 aromatic carbocycles. The summed E-state index contributed by atoms with van der Waals surface area (Å²) >= 11 is 0. The maximum atomic E-state index is 11.6. The summed E-state index contributed by atoms with van der Waals surface area (Å²) in [5, 5.41) is 2.76. The van der Waals surface area contributed by atoms with Gasteiger partial charge in [0.1, 0.15) is 0 Å². The van der Waals surface area contributed by atoms with Crippen LogP contribution in [0, 0.1) is 0 Å². The van der Waals surface area contributed by atoms with Crippen LogP contribution in [0.1, 0.15) is 10.4 Å². The number of aromatic nitrogens is 1. The highest BCUT2D eigenvalue weighted by Crippen LogP contribution is 2.11. The molecule has 0 unspecified atom stereocenters. The van der Waals surface area contributed by atoms with Crippen LogP contribution in [0.5, 0.6) is 0 Å². The number of nitrogens with one attached hydrogen (secondary N) is 2. The first-order valence-corrected chi connectivity index (χ1v) is 4.55. The van der Waals surface area contributed by atoms with Crippen molar-refractivity contribution in [1.82, 2.24) is 4.98 Å². The normalized spacial score (nSPS) is 9.87. The number of rotatable bonds is 2. The molecule has 0 aliphatic heterocycles. The third-order valence-electron chi connectivity index (χ3n) is 2.03. The monoisotopic (exact) mass is 201 g/mol. The molecule has 0 atom stereocenters. The van der Waals surface area contributed by atoms with E-state index in [-0.39, 0.29) is 5.91 Å². The van der Waals surface area contributed by atoms with Crippen molar-refractivity contribution in [3.8, 4) is 0 Å². The van der Waals surface area contributed by atoms with Crippen LogP contribution in [0.3, 0.4) is 0 Å². The van der Waals surface area contributed by atoms with Crippen LogP contribution in [0.25, 0.3) is 0 Å². The predicted molar refractivity (Wildman–Crippen MR) is 59.6 cm³/mol. The van der Waals surface area contributed by atoms with Crippen molar-refractivity contribution in [3.63, 3.8) is 0 Å². The number of hydrogen-bond acceptors (Lipinski definition) is 2. The summed E-state index contributed by atoms with van der Waals surface area (Å²) in [5.74, 6) is -0.138. The zero-order valence-corrected chi connectivity index (χ0v) is 8.03. The van der Waals surface area contributed by atoms with Crippen LogP contribution in [-0.4, -0.2) is 10.9 Å². The van der Waals surface area contributed by atoms with E-state index in [4.69, 9.17) is 5.73 Å². The molecule has 15 heavy (non-hydrogen) atoms. The third kappa shape index (κ3) is 2.17. The molecular formula is C11H11N3O. The number of anilines is 2. The van der Waals surface area contributed by atoms with Gasteiger partial charge in [-0.15, -0.1) is 0 Å². The molecule has 4 N–H and O–H groups in total. The first-order valence-electron chi connectivity index (χ1n) is 4.55. The Hall–Kier alpha value is -2.23. The smallest absolute Gasteiger partial charge is 0.257 e. The molecule has 0 aliphatic rings. The van der Waals surface area contributed by atoms with Crippen LogP contribution >= 0.6 is 0 Å². The second-order valence-electron chi connectivity index (χ2n) is 3.18. The van der Waals surface area contributed by atoms with Gasteiger partial charge in [0.05, 0.1) is 5.56 Å². The molecule has 0 saturated carbocycles. The molecule has 0 radical (unpaired) electrons. The summed E-state index contributed by atoms with van der Waals surface area (Å²) in [7, 11) is 0.